The van der Waals surface area contributed by atoms with Gasteiger partial charge in [0.05, 0.1) is 0 Å². The molecule has 1 amide bonds. The highest BCUT2D eigenvalue weighted by Gasteiger charge is 2.24. The van der Waals surface area contributed by atoms with Gasteiger partial charge in [-0.15, -0.1) is 12.4 Å². The maximum Gasteiger partial charge on any atom is 0.227 e. The third kappa shape index (κ3) is 4.37. The molecule has 1 aliphatic rings. The van der Waals surface area contributed by atoms with Crippen LogP contribution in [0, 0.1) is 12.8 Å². The Kier molecular flexibility index (Phi) is 6.11. The minimum atomic E-state index is 0. The minimum Gasteiger partial charge on any atom is -0.326 e. The van der Waals surface area contributed by atoms with E-state index in [4.69, 9.17) is 11.6 Å². The van der Waals surface area contributed by atoms with E-state index < -0.39 is 0 Å². The average molecular weight is 303 g/mol. The summed E-state index contributed by atoms with van der Waals surface area (Å²) in [4.78, 5) is 12.2. The molecule has 2 atom stereocenters. The SMILES string of the molecule is Cc1cc(Cl)ccc1NC(=O)[C@H]1CCN[C@@H](C)C1.Cl. The van der Waals surface area contributed by atoms with E-state index in [2.05, 4.69) is 17.6 Å². The number of hydrogen-bond donors (Lipinski definition) is 2. The number of carbonyl (C=O) groups excluding carboxylic acids is 1. The van der Waals surface area contributed by atoms with Crippen LogP contribution < -0.4 is 10.6 Å². The Morgan fingerprint density at radius 1 is 1.47 bits per heavy atom. The Balaban J connectivity index is 0.00000180. The molecule has 1 aromatic carbocycles. The first kappa shape index (κ1) is 16.3. The van der Waals surface area contributed by atoms with E-state index in [-0.39, 0.29) is 24.2 Å². The Morgan fingerprint density at radius 2 is 2.21 bits per heavy atom. The highest BCUT2D eigenvalue weighted by atomic mass is 35.5. The molecule has 5 heteroatoms. The van der Waals surface area contributed by atoms with Gasteiger partial charge in [0.1, 0.15) is 0 Å². The zero-order valence-electron chi connectivity index (χ0n) is 11.2. The lowest BCUT2D eigenvalue weighted by Crippen LogP contribution is -2.40. The fourth-order valence-electron chi connectivity index (χ4n) is 2.37. The molecule has 1 aliphatic heterocycles. The van der Waals surface area contributed by atoms with Crippen molar-refractivity contribution in [3.63, 3.8) is 0 Å². The number of nitrogens with one attached hydrogen (secondary N) is 2. The van der Waals surface area contributed by atoms with Gasteiger partial charge < -0.3 is 10.6 Å². The molecule has 1 fully saturated rings. The molecule has 0 radical (unpaired) electrons. The number of carbonyl (C=O) groups is 1. The molecule has 1 heterocycles. The summed E-state index contributed by atoms with van der Waals surface area (Å²) in [6.45, 7) is 4.98. The molecule has 19 heavy (non-hydrogen) atoms. The number of anilines is 1. The molecule has 0 saturated carbocycles. The first-order chi connectivity index (χ1) is 8.56. The van der Waals surface area contributed by atoms with Gasteiger partial charge in [0.15, 0.2) is 0 Å². The molecule has 3 nitrogen and oxygen atoms in total. The summed E-state index contributed by atoms with van der Waals surface area (Å²) >= 11 is 5.90. The normalized spacial score (nSPS) is 22.5. The average Bonchev–Trinajstić information content (AvgIpc) is 2.32. The molecule has 2 rings (SSSR count). The molecular formula is C14H20Cl2N2O. The van der Waals surface area contributed by atoms with Gasteiger partial charge in [-0.05, 0) is 57.0 Å². The van der Waals surface area contributed by atoms with E-state index in [1.807, 2.05) is 19.1 Å². The highest BCUT2D eigenvalue weighted by Crippen LogP contribution is 2.22. The summed E-state index contributed by atoms with van der Waals surface area (Å²) in [5.41, 5.74) is 1.86. The summed E-state index contributed by atoms with van der Waals surface area (Å²) in [5.74, 6) is 0.227. The van der Waals surface area contributed by atoms with E-state index in [1.54, 1.807) is 6.07 Å². The molecular weight excluding hydrogens is 283 g/mol. The van der Waals surface area contributed by atoms with Crippen LogP contribution in [0.3, 0.4) is 0 Å². The second-order valence-electron chi connectivity index (χ2n) is 5.02. The predicted molar refractivity (Wildman–Crippen MR) is 82.3 cm³/mol. The number of amides is 1. The van der Waals surface area contributed by atoms with Gasteiger partial charge in [0.2, 0.25) is 5.91 Å². The first-order valence-electron chi connectivity index (χ1n) is 6.36. The molecule has 0 unspecified atom stereocenters. The van der Waals surface area contributed by atoms with Crippen molar-refractivity contribution in [3.8, 4) is 0 Å². The third-order valence-corrected chi connectivity index (χ3v) is 3.68. The molecule has 1 aromatic rings. The summed E-state index contributed by atoms with van der Waals surface area (Å²) in [7, 11) is 0. The third-order valence-electron chi connectivity index (χ3n) is 3.44. The summed E-state index contributed by atoms with van der Waals surface area (Å²) < 4.78 is 0. The predicted octanol–water partition coefficient (Wildman–Crippen LogP) is 3.40. The van der Waals surface area contributed by atoms with Crippen molar-refractivity contribution in [2.75, 3.05) is 11.9 Å². The van der Waals surface area contributed by atoms with Crippen molar-refractivity contribution in [1.29, 1.82) is 0 Å². The Labute approximate surface area is 125 Å². The van der Waals surface area contributed by atoms with E-state index in [0.717, 1.165) is 30.6 Å². The van der Waals surface area contributed by atoms with Gasteiger partial charge in [-0.1, -0.05) is 11.6 Å². The van der Waals surface area contributed by atoms with Gasteiger partial charge in [-0.2, -0.15) is 0 Å². The number of halogens is 2. The van der Waals surface area contributed by atoms with Crippen LogP contribution in [0.4, 0.5) is 5.69 Å². The molecule has 0 aromatic heterocycles. The number of aryl methyl sites for hydroxylation is 1. The maximum atomic E-state index is 12.2. The van der Waals surface area contributed by atoms with E-state index >= 15 is 0 Å². The standard InChI is InChI=1S/C14H19ClN2O.ClH/c1-9-7-12(15)3-4-13(9)17-14(18)11-5-6-16-10(2)8-11;/h3-4,7,10-11,16H,5-6,8H2,1-2H3,(H,17,18);1H/t10-,11-;/m0./s1. The number of piperidine rings is 1. The van der Waals surface area contributed by atoms with Crippen LogP contribution >= 0.6 is 24.0 Å². The van der Waals surface area contributed by atoms with Crippen LogP contribution in [-0.4, -0.2) is 18.5 Å². The minimum absolute atomic E-state index is 0. The van der Waals surface area contributed by atoms with Gasteiger partial charge >= 0.3 is 0 Å². The van der Waals surface area contributed by atoms with E-state index in [0.29, 0.717) is 11.1 Å². The molecule has 1 saturated heterocycles. The van der Waals surface area contributed by atoms with Crippen LogP contribution in [0.25, 0.3) is 0 Å². The number of benzene rings is 1. The van der Waals surface area contributed by atoms with E-state index in [1.165, 1.54) is 0 Å². The van der Waals surface area contributed by atoms with Crippen LogP contribution in [0.5, 0.6) is 0 Å². The first-order valence-corrected chi connectivity index (χ1v) is 6.74. The Morgan fingerprint density at radius 3 is 2.84 bits per heavy atom. The van der Waals surface area contributed by atoms with Crippen LogP contribution in [-0.2, 0) is 4.79 Å². The Bertz CT molecular complexity index is 451. The second-order valence-corrected chi connectivity index (χ2v) is 5.46. The lowest BCUT2D eigenvalue weighted by molar-refractivity contribution is -0.120. The van der Waals surface area contributed by atoms with E-state index in [9.17, 15) is 4.79 Å². The van der Waals surface area contributed by atoms with Gasteiger partial charge in [0, 0.05) is 22.7 Å². The quantitative estimate of drug-likeness (QED) is 0.879. The van der Waals surface area contributed by atoms with Gasteiger partial charge in [-0.25, -0.2) is 0 Å². The van der Waals surface area contributed by atoms with Gasteiger partial charge in [-0.3, -0.25) is 4.79 Å². The second kappa shape index (κ2) is 7.13. The zero-order chi connectivity index (χ0) is 13.1. The van der Waals surface area contributed by atoms with Crippen molar-refractivity contribution >= 4 is 35.6 Å². The van der Waals surface area contributed by atoms with Crippen LogP contribution in [0.15, 0.2) is 18.2 Å². The van der Waals surface area contributed by atoms with Crippen LogP contribution in [0.2, 0.25) is 5.02 Å². The fraction of sp³-hybridized carbons (Fsp3) is 0.500. The number of rotatable bonds is 2. The monoisotopic (exact) mass is 302 g/mol. The van der Waals surface area contributed by atoms with Crippen molar-refractivity contribution in [2.45, 2.75) is 32.7 Å². The molecule has 106 valence electrons. The van der Waals surface area contributed by atoms with Crippen molar-refractivity contribution in [3.05, 3.63) is 28.8 Å². The zero-order valence-corrected chi connectivity index (χ0v) is 12.8. The molecule has 0 aliphatic carbocycles. The lowest BCUT2D eigenvalue weighted by Gasteiger charge is -2.27. The summed E-state index contributed by atoms with van der Waals surface area (Å²) in [6, 6.07) is 5.94. The van der Waals surface area contributed by atoms with Gasteiger partial charge in [0.25, 0.3) is 0 Å². The maximum absolute atomic E-state index is 12.2. The lowest BCUT2D eigenvalue weighted by atomic mass is 9.92. The molecule has 0 bridgehead atoms. The van der Waals surface area contributed by atoms with Crippen LogP contribution in [0.1, 0.15) is 25.3 Å². The van der Waals surface area contributed by atoms with Crippen molar-refractivity contribution in [1.82, 2.24) is 5.32 Å². The largest absolute Gasteiger partial charge is 0.326 e. The smallest absolute Gasteiger partial charge is 0.227 e. The highest BCUT2D eigenvalue weighted by molar-refractivity contribution is 6.30. The molecule has 0 spiro atoms. The Hall–Kier alpha value is -0.770. The fourth-order valence-corrected chi connectivity index (χ4v) is 2.60. The van der Waals surface area contributed by atoms with Crippen molar-refractivity contribution < 1.29 is 4.79 Å². The molecule has 2 N–H and O–H groups in total. The number of hydrogen-bond acceptors (Lipinski definition) is 2. The van der Waals surface area contributed by atoms with Crippen molar-refractivity contribution in [2.24, 2.45) is 5.92 Å². The topological polar surface area (TPSA) is 41.1 Å². The summed E-state index contributed by atoms with van der Waals surface area (Å²) in [5, 5.41) is 7.05. The summed E-state index contributed by atoms with van der Waals surface area (Å²) in [6.07, 6.45) is 1.81.